The summed E-state index contributed by atoms with van der Waals surface area (Å²) in [6.07, 6.45) is 3.37. The Bertz CT molecular complexity index is 673. The highest BCUT2D eigenvalue weighted by Gasteiger charge is 2.41. The van der Waals surface area contributed by atoms with Gasteiger partial charge in [0.1, 0.15) is 6.10 Å². The average Bonchev–Trinajstić information content (AvgIpc) is 2.66. The van der Waals surface area contributed by atoms with E-state index < -0.39 is 0 Å². The number of carbonyl (C=O) groups excluding carboxylic acids is 1. The number of benzene rings is 1. The van der Waals surface area contributed by atoms with E-state index in [4.69, 9.17) is 14.2 Å². The molecule has 5 heteroatoms. The number of piperidine rings is 1. The van der Waals surface area contributed by atoms with Crippen molar-refractivity contribution in [1.82, 2.24) is 4.90 Å². The molecule has 0 bridgehead atoms. The monoisotopic (exact) mass is 375 g/mol. The van der Waals surface area contributed by atoms with Gasteiger partial charge in [-0.2, -0.15) is 0 Å². The maximum absolute atomic E-state index is 12.0. The van der Waals surface area contributed by atoms with E-state index in [-0.39, 0.29) is 18.1 Å². The summed E-state index contributed by atoms with van der Waals surface area (Å²) in [5.74, 6) is 2.46. The Morgan fingerprint density at radius 1 is 1.22 bits per heavy atom. The molecule has 5 nitrogen and oxygen atoms in total. The fourth-order valence-corrected chi connectivity index (χ4v) is 4.63. The van der Waals surface area contributed by atoms with E-state index in [0.717, 1.165) is 43.9 Å². The molecule has 27 heavy (non-hydrogen) atoms. The fraction of sp³-hybridized carbons (Fsp3) is 0.682. The minimum atomic E-state index is -0.0921. The number of methoxy groups -OCH3 is 2. The third kappa shape index (κ3) is 4.23. The molecule has 2 aliphatic heterocycles. The molecular weight excluding hydrogens is 342 g/mol. The van der Waals surface area contributed by atoms with Crippen LogP contribution in [-0.2, 0) is 16.0 Å². The van der Waals surface area contributed by atoms with Crippen LogP contribution in [0.5, 0.6) is 11.5 Å². The van der Waals surface area contributed by atoms with E-state index in [1.54, 1.807) is 14.2 Å². The summed E-state index contributed by atoms with van der Waals surface area (Å²) in [7, 11) is 3.35. The summed E-state index contributed by atoms with van der Waals surface area (Å²) in [6, 6.07) is 4.50. The highest BCUT2D eigenvalue weighted by atomic mass is 16.5. The van der Waals surface area contributed by atoms with Gasteiger partial charge in [0.05, 0.1) is 14.2 Å². The van der Waals surface area contributed by atoms with Crippen LogP contribution in [0, 0.1) is 11.8 Å². The number of rotatable bonds is 6. The zero-order chi connectivity index (χ0) is 19.6. The largest absolute Gasteiger partial charge is 0.493 e. The number of nitrogens with zero attached hydrogens (tertiary/aromatic N) is 1. The standard InChI is InChI=1S/C22H33NO4/c1-6-22(24)27-19-12-18-17-11-21(26-5)20(25-4)10-15(17)7-8-23(18)13-16(19)9-14(2)3/h10-11,14,16,18-19H,6-9,12-13H2,1-5H3/t16?,18-,19-/m1/s1. The summed E-state index contributed by atoms with van der Waals surface area (Å²) in [5, 5.41) is 0. The Morgan fingerprint density at radius 2 is 1.93 bits per heavy atom. The third-order valence-corrected chi connectivity index (χ3v) is 5.91. The molecule has 1 unspecified atom stereocenters. The number of ether oxygens (including phenoxy) is 3. The van der Waals surface area contributed by atoms with Gasteiger partial charge in [-0.1, -0.05) is 20.8 Å². The first-order valence-electron chi connectivity index (χ1n) is 10.1. The van der Waals surface area contributed by atoms with Gasteiger partial charge in [0.15, 0.2) is 11.5 Å². The lowest BCUT2D eigenvalue weighted by molar-refractivity contribution is -0.157. The van der Waals surface area contributed by atoms with Gasteiger partial charge in [0.2, 0.25) is 0 Å². The summed E-state index contributed by atoms with van der Waals surface area (Å²) in [6.45, 7) is 8.37. The van der Waals surface area contributed by atoms with E-state index in [1.165, 1.54) is 11.1 Å². The predicted molar refractivity (Wildman–Crippen MR) is 105 cm³/mol. The van der Waals surface area contributed by atoms with Crippen molar-refractivity contribution < 1.29 is 19.0 Å². The van der Waals surface area contributed by atoms with Crippen molar-refractivity contribution in [2.45, 2.75) is 58.6 Å². The summed E-state index contributed by atoms with van der Waals surface area (Å²) in [5.41, 5.74) is 2.61. The van der Waals surface area contributed by atoms with Crippen molar-refractivity contribution in [1.29, 1.82) is 0 Å². The molecule has 3 atom stereocenters. The van der Waals surface area contributed by atoms with Crippen LogP contribution in [0.4, 0.5) is 0 Å². The molecule has 1 aromatic rings. The second-order valence-corrected chi connectivity index (χ2v) is 8.17. The molecule has 2 heterocycles. The van der Waals surface area contributed by atoms with Crippen LogP contribution in [0.1, 0.15) is 57.2 Å². The lowest BCUT2D eigenvalue weighted by Gasteiger charge is -2.47. The second kappa shape index (κ2) is 8.51. The van der Waals surface area contributed by atoms with Crippen LogP contribution < -0.4 is 9.47 Å². The minimum Gasteiger partial charge on any atom is -0.493 e. The Hall–Kier alpha value is -1.75. The first-order chi connectivity index (χ1) is 13.0. The van der Waals surface area contributed by atoms with Crippen molar-refractivity contribution in [3.05, 3.63) is 23.3 Å². The van der Waals surface area contributed by atoms with E-state index in [2.05, 4.69) is 30.9 Å². The van der Waals surface area contributed by atoms with E-state index >= 15 is 0 Å². The van der Waals surface area contributed by atoms with Gasteiger partial charge in [0, 0.05) is 37.9 Å². The van der Waals surface area contributed by atoms with Gasteiger partial charge in [-0.25, -0.2) is 0 Å². The van der Waals surface area contributed by atoms with Gasteiger partial charge in [-0.05, 0) is 42.0 Å². The Labute approximate surface area is 163 Å². The smallest absolute Gasteiger partial charge is 0.305 e. The van der Waals surface area contributed by atoms with Crippen LogP contribution in [0.15, 0.2) is 12.1 Å². The molecule has 1 fully saturated rings. The molecule has 0 spiro atoms. The van der Waals surface area contributed by atoms with Crippen molar-refractivity contribution in [2.24, 2.45) is 11.8 Å². The topological polar surface area (TPSA) is 48.0 Å². The van der Waals surface area contributed by atoms with E-state index in [0.29, 0.717) is 18.3 Å². The van der Waals surface area contributed by atoms with Gasteiger partial charge in [0.25, 0.3) is 0 Å². The predicted octanol–water partition coefficient (Wildman–Crippen LogP) is 3.99. The summed E-state index contributed by atoms with van der Waals surface area (Å²) >= 11 is 0. The number of fused-ring (bicyclic) bond motifs is 3. The molecule has 1 saturated heterocycles. The van der Waals surface area contributed by atoms with Crippen molar-refractivity contribution in [3.63, 3.8) is 0 Å². The number of hydrogen-bond acceptors (Lipinski definition) is 5. The average molecular weight is 376 g/mol. The first kappa shape index (κ1) is 20.0. The number of hydrogen-bond donors (Lipinski definition) is 0. The molecule has 150 valence electrons. The number of esters is 1. The summed E-state index contributed by atoms with van der Waals surface area (Å²) < 4.78 is 16.9. The van der Waals surface area contributed by atoms with E-state index in [9.17, 15) is 4.79 Å². The quantitative estimate of drug-likeness (QED) is 0.704. The Balaban J connectivity index is 1.90. The molecule has 0 saturated carbocycles. The van der Waals surface area contributed by atoms with Crippen molar-refractivity contribution in [2.75, 3.05) is 27.3 Å². The zero-order valence-electron chi connectivity index (χ0n) is 17.3. The highest BCUT2D eigenvalue weighted by molar-refractivity contribution is 5.69. The normalized spacial score (nSPS) is 24.9. The lowest BCUT2D eigenvalue weighted by atomic mass is 9.79. The van der Waals surface area contributed by atoms with Gasteiger partial charge >= 0.3 is 5.97 Å². The van der Waals surface area contributed by atoms with Crippen LogP contribution in [0.25, 0.3) is 0 Å². The number of carbonyl (C=O) groups is 1. The molecule has 0 aliphatic carbocycles. The first-order valence-corrected chi connectivity index (χ1v) is 10.1. The lowest BCUT2D eigenvalue weighted by Crippen LogP contribution is -2.49. The van der Waals surface area contributed by atoms with Crippen LogP contribution in [0.2, 0.25) is 0 Å². The van der Waals surface area contributed by atoms with Crippen LogP contribution >= 0.6 is 0 Å². The molecule has 0 radical (unpaired) electrons. The molecule has 1 aromatic carbocycles. The molecule has 3 rings (SSSR count). The van der Waals surface area contributed by atoms with Gasteiger partial charge in [-0.15, -0.1) is 0 Å². The Morgan fingerprint density at radius 3 is 2.56 bits per heavy atom. The van der Waals surface area contributed by atoms with Crippen molar-refractivity contribution >= 4 is 5.97 Å². The fourth-order valence-electron chi connectivity index (χ4n) is 4.63. The third-order valence-electron chi connectivity index (χ3n) is 5.91. The molecule has 0 amide bonds. The molecular formula is C22H33NO4. The van der Waals surface area contributed by atoms with Crippen molar-refractivity contribution in [3.8, 4) is 11.5 Å². The van der Waals surface area contributed by atoms with Crippen LogP contribution in [-0.4, -0.2) is 44.3 Å². The SMILES string of the molecule is CCC(=O)O[C@@H]1C[C@@H]2c3cc(OC)c(OC)cc3CCN2CC1CC(C)C. The molecule has 2 aliphatic rings. The zero-order valence-corrected chi connectivity index (χ0v) is 17.3. The molecule has 0 N–H and O–H groups in total. The second-order valence-electron chi connectivity index (χ2n) is 8.17. The van der Waals surface area contributed by atoms with Gasteiger partial charge in [-0.3, -0.25) is 9.69 Å². The van der Waals surface area contributed by atoms with E-state index in [1.807, 2.05) is 6.92 Å². The minimum absolute atomic E-state index is 0.0138. The van der Waals surface area contributed by atoms with Crippen LogP contribution in [0.3, 0.4) is 0 Å². The summed E-state index contributed by atoms with van der Waals surface area (Å²) in [4.78, 5) is 14.6. The maximum Gasteiger partial charge on any atom is 0.305 e. The molecule has 0 aromatic heterocycles. The highest BCUT2D eigenvalue weighted by Crippen LogP contribution is 2.44. The maximum atomic E-state index is 12.0. The Kier molecular flexibility index (Phi) is 6.30. The van der Waals surface area contributed by atoms with Gasteiger partial charge < -0.3 is 14.2 Å².